The first-order chi connectivity index (χ1) is 13.3. The number of hydrogen-bond donors (Lipinski definition) is 0. The van der Waals surface area contributed by atoms with Crippen molar-refractivity contribution in [3.05, 3.63) is 59.2 Å². The Morgan fingerprint density at radius 3 is 2.21 bits per heavy atom. The Balaban J connectivity index is 1.56. The van der Waals surface area contributed by atoms with Gasteiger partial charge >= 0.3 is 6.18 Å². The molecule has 0 radical (unpaired) electrons. The zero-order valence-corrected chi connectivity index (χ0v) is 15.9. The Labute approximate surface area is 162 Å². The molecule has 1 aliphatic heterocycles. The van der Waals surface area contributed by atoms with Crippen molar-refractivity contribution in [1.82, 2.24) is 4.90 Å². The normalized spacial score (nSPS) is 14.9. The molecule has 0 bridgehead atoms. The fraction of sp³-hybridized carbons (Fsp3) is 0.381. The van der Waals surface area contributed by atoms with E-state index in [9.17, 15) is 18.0 Å². The predicted molar refractivity (Wildman–Crippen MR) is 102 cm³/mol. The Morgan fingerprint density at radius 2 is 1.61 bits per heavy atom. The molecule has 1 saturated heterocycles. The fourth-order valence-corrected chi connectivity index (χ4v) is 3.35. The number of benzene rings is 2. The molecular formula is C21H23F3N2O2. The van der Waals surface area contributed by atoms with Crippen LogP contribution in [0.3, 0.4) is 0 Å². The van der Waals surface area contributed by atoms with Crippen LogP contribution in [0, 0.1) is 13.8 Å². The monoisotopic (exact) mass is 392 g/mol. The second kappa shape index (κ2) is 8.12. The molecule has 1 heterocycles. The minimum Gasteiger partial charge on any atom is -0.483 e. The topological polar surface area (TPSA) is 32.8 Å². The number of amides is 1. The molecule has 0 N–H and O–H groups in total. The molecule has 3 rings (SSSR count). The van der Waals surface area contributed by atoms with E-state index in [1.54, 1.807) is 11.0 Å². The zero-order valence-electron chi connectivity index (χ0n) is 15.9. The van der Waals surface area contributed by atoms with E-state index in [-0.39, 0.29) is 12.5 Å². The molecule has 150 valence electrons. The van der Waals surface area contributed by atoms with Crippen molar-refractivity contribution in [1.29, 1.82) is 0 Å². The Kier molecular flexibility index (Phi) is 5.82. The Bertz CT molecular complexity index is 824. The van der Waals surface area contributed by atoms with Crippen LogP contribution in [0.4, 0.5) is 18.9 Å². The summed E-state index contributed by atoms with van der Waals surface area (Å²) < 4.78 is 44.4. The fourth-order valence-electron chi connectivity index (χ4n) is 3.35. The zero-order chi connectivity index (χ0) is 20.3. The van der Waals surface area contributed by atoms with E-state index < -0.39 is 11.7 Å². The third kappa shape index (κ3) is 4.58. The van der Waals surface area contributed by atoms with Gasteiger partial charge < -0.3 is 14.5 Å². The van der Waals surface area contributed by atoms with Crippen LogP contribution >= 0.6 is 0 Å². The van der Waals surface area contributed by atoms with Gasteiger partial charge in [-0.3, -0.25) is 4.79 Å². The minimum atomic E-state index is -4.36. The molecular weight excluding hydrogens is 369 g/mol. The molecule has 1 fully saturated rings. The number of halogens is 3. The first-order valence-electron chi connectivity index (χ1n) is 9.14. The number of rotatable bonds is 4. The van der Waals surface area contributed by atoms with Crippen LogP contribution in [0.5, 0.6) is 5.75 Å². The van der Waals surface area contributed by atoms with Gasteiger partial charge in [-0.2, -0.15) is 13.2 Å². The lowest BCUT2D eigenvalue weighted by atomic mass is 10.1. The summed E-state index contributed by atoms with van der Waals surface area (Å²) in [6.45, 7) is 5.68. The molecule has 7 heteroatoms. The van der Waals surface area contributed by atoms with Crippen LogP contribution in [-0.2, 0) is 11.0 Å². The molecule has 2 aromatic rings. The molecule has 0 saturated carbocycles. The van der Waals surface area contributed by atoms with Crippen molar-refractivity contribution in [3.63, 3.8) is 0 Å². The van der Waals surface area contributed by atoms with Crippen molar-refractivity contribution in [2.45, 2.75) is 20.0 Å². The molecule has 0 aliphatic carbocycles. The summed E-state index contributed by atoms with van der Waals surface area (Å²) >= 11 is 0. The van der Waals surface area contributed by atoms with Crippen molar-refractivity contribution < 1.29 is 22.7 Å². The first-order valence-corrected chi connectivity index (χ1v) is 9.14. The number of alkyl halides is 3. The van der Waals surface area contributed by atoms with E-state index in [1.807, 2.05) is 36.9 Å². The van der Waals surface area contributed by atoms with Gasteiger partial charge in [0.15, 0.2) is 6.61 Å². The molecule has 28 heavy (non-hydrogen) atoms. The molecule has 0 unspecified atom stereocenters. The Morgan fingerprint density at radius 1 is 1.00 bits per heavy atom. The van der Waals surface area contributed by atoms with Gasteiger partial charge in [-0.05, 0) is 43.2 Å². The van der Waals surface area contributed by atoms with Gasteiger partial charge in [0, 0.05) is 31.9 Å². The highest BCUT2D eigenvalue weighted by atomic mass is 19.4. The second-order valence-corrected chi connectivity index (χ2v) is 6.93. The van der Waals surface area contributed by atoms with Crippen molar-refractivity contribution in [2.24, 2.45) is 0 Å². The van der Waals surface area contributed by atoms with Gasteiger partial charge in [-0.1, -0.05) is 24.3 Å². The number of piperazine rings is 1. The average Bonchev–Trinajstić information content (AvgIpc) is 2.67. The maximum Gasteiger partial charge on any atom is 0.416 e. The average molecular weight is 392 g/mol. The van der Waals surface area contributed by atoms with E-state index >= 15 is 0 Å². The maximum absolute atomic E-state index is 12.9. The van der Waals surface area contributed by atoms with Gasteiger partial charge in [-0.15, -0.1) is 0 Å². The highest BCUT2D eigenvalue weighted by molar-refractivity contribution is 5.78. The largest absolute Gasteiger partial charge is 0.483 e. The first kappa shape index (κ1) is 20.0. The summed E-state index contributed by atoms with van der Waals surface area (Å²) in [4.78, 5) is 16.0. The number of ether oxygens (including phenoxy) is 1. The summed E-state index contributed by atoms with van der Waals surface area (Å²) in [6.07, 6.45) is -4.36. The predicted octanol–water partition coefficient (Wildman–Crippen LogP) is 4.05. The summed E-state index contributed by atoms with van der Waals surface area (Å²) in [5, 5.41) is 0. The lowest BCUT2D eigenvalue weighted by molar-refractivity contribution is -0.137. The van der Waals surface area contributed by atoms with E-state index in [0.29, 0.717) is 31.9 Å². The summed E-state index contributed by atoms with van der Waals surface area (Å²) in [5.74, 6) is 0.602. The van der Waals surface area contributed by atoms with Gasteiger partial charge in [0.05, 0.1) is 5.56 Å². The molecule has 0 atom stereocenters. The lowest BCUT2D eigenvalue weighted by Gasteiger charge is -2.36. The van der Waals surface area contributed by atoms with Gasteiger partial charge in [0.2, 0.25) is 0 Å². The van der Waals surface area contributed by atoms with Gasteiger partial charge in [0.25, 0.3) is 5.91 Å². The molecule has 0 spiro atoms. The van der Waals surface area contributed by atoms with Gasteiger partial charge in [0.1, 0.15) is 5.75 Å². The summed E-state index contributed by atoms with van der Waals surface area (Å²) in [7, 11) is 0. The number of anilines is 1. The minimum absolute atomic E-state index is 0.0464. The van der Waals surface area contributed by atoms with E-state index in [4.69, 9.17) is 4.74 Å². The number of nitrogens with zero attached hydrogens (tertiary/aromatic N) is 2. The third-order valence-electron chi connectivity index (χ3n) is 4.92. The third-order valence-corrected chi connectivity index (χ3v) is 4.92. The number of carbonyl (C=O) groups excluding carboxylic acids is 1. The molecule has 0 aromatic heterocycles. The number of aryl methyl sites for hydroxylation is 2. The molecule has 1 aliphatic rings. The maximum atomic E-state index is 12.9. The lowest BCUT2D eigenvalue weighted by Crippen LogP contribution is -2.50. The smallest absolute Gasteiger partial charge is 0.416 e. The van der Waals surface area contributed by atoms with Crippen LogP contribution < -0.4 is 9.64 Å². The van der Waals surface area contributed by atoms with Crippen LogP contribution in [0.15, 0.2) is 42.5 Å². The number of para-hydroxylation sites is 1. The SMILES string of the molecule is Cc1cccc(C)c1OCC(=O)N1CCN(c2cccc(C(F)(F)F)c2)CC1. The van der Waals surface area contributed by atoms with Crippen molar-refractivity contribution in [3.8, 4) is 5.75 Å². The van der Waals surface area contributed by atoms with Crippen LogP contribution in [-0.4, -0.2) is 43.6 Å². The van der Waals surface area contributed by atoms with Crippen LogP contribution in [0.1, 0.15) is 16.7 Å². The van der Waals surface area contributed by atoms with Crippen molar-refractivity contribution >= 4 is 11.6 Å². The highest BCUT2D eigenvalue weighted by Crippen LogP contribution is 2.32. The van der Waals surface area contributed by atoms with E-state index in [0.717, 1.165) is 29.0 Å². The van der Waals surface area contributed by atoms with E-state index in [2.05, 4.69) is 0 Å². The van der Waals surface area contributed by atoms with Gasteiger partial charge in [-0.25, -0.2) is 0 Å². The molecule has 1 amide bonds. The number of hydrogen-bond acceptors (Lipinski definition) is 3. The Hall–Kier alpha value is -2.70. The van der Waals surface area contributed by atoms with Crippen molar-refractivity contribution in [2.75, 3.05) is 37.7 Å². The summed E-state index contributed by atoms with van der Waals surface area (Å²) in [5.41, 5.74) is 1.81. The highest BCUT2D eigenvalue weighted by Gasteiger charge is 2.31. The summed E-state index contributed by atoms with van der Waals surface area (Å²) in [6, 6.07) is 11.1. The number of carbonyl (C=O) groups is 1. The second-order valence-electron chi connectivity index (χ2n) is 6.93. The van der Waals surface area contributed by atoms with E-state index in [1.165, 1.54) is 6.07 Å². The molecule has 4 nitrogen and oxygen atoms in total. The van der Waals surface area contributed by atoms with Crippen LogP contribution in [0.2, 0.25) is 0 Å². The molecule has 2 aromatic carbocycles. The quantitative estimate of drug-likeness (QED) is 0.787. The van der Waals surface area contributed by atoms with Crippen LogP contribution in [0.25, 0.3) is 0 Å². The standard InChI is InChI=1S/C21H23F3N2O2/c1-15-5-3-6-16(2)20(15)28-14-19(27)26-11-9-25(10-12-26)18-8-4-7-17(13-18)21(22,23)24/h3-8,13H,9-12,14H2,1-2H3.